The number of imide groups is 1. The number of imidazole rings is 1. The number of nitrogens with two attached hydrogens (primary N) is 1. The molecule has 0 saturated carbocycles. The number of rotatable bonds is 7. The molecule has 0 spiro atoms. The molecule has 5 rings (SSSR count). The second-order valence-corrected chi connectivity index (χ2v) is 14.7. The van der Waals surface area contributed by atoms with Crippen LogP contribution in [0.2, 0.25) is 5.02 Å². The van der Waals surface area contributed by atoms with E-state index >= 15 is 0 Å². The predicted octanol–water partition coefficient (Wildman–Crippen LogP) is 8.19. The van der Waals surface area contributed by atoms with Gasteiger partial charge in [-0.1, -0.05) is 77.4 Å². The van der Waals surface area contributed by atoms with Crippen molar-refractivity contribution in [2.24, 2.45) is 5.73 Å². The lowest BCUT2D eigenvalue weighted by atomic mass is 9.74. The molecule has 0 saturated heterocycles. The van der Waals surface area contributed by atoms with E-state index in [1.807, 2.05) is 89.4 Å². The summed E-state index contributed by atoms with van der Waals surface area (Å²) < 4.78 is 8.00. The van der Waals surface area contributed by atoms with Crippen molar-refractivity contribution in [2.45, 2.75) is 65.4 Å². The first-order chi connectivity index (χ1) is 22.4. The number of carboxylic acid groups (broad SMARTS) is 2. The first kappa shape index (κ1) is 34.3. The average Bonchev–Trinajstić information content (AvgIpc) is 3.59. The first-order valence-corrected chi connectivity index (χ1v) is 16.1. The van der Waals surface area contributed by atoms with Crippen LogP contribution >= 0.6 is 22.9 Å². The summed E-state index contributed by atoms with van der Waals surface area (Å²) in [5.74, 6) is -0.563. The Bertz CT molecular complexity index is 2060. The second-order valence-electron chi connectivity index (χ2n) is 13.3. The van der Waals surface area contributed by atoms with Gasteiger partial charge in [0.15, 0.2) is 5.82 Å². The number of ether oxygens (including phenoxy) is 1. The quantitative estimate of drug-likeness (QED) is 0.152. The van der Waals surface area contributed by atoms with Gasteiger partial charge in [0.05, 0.1) is 16.7 Å². The molecule has 48 heavy (non-hydrogen) atoms. The van der Waals surface area contributed by atoms with Gasteiger partial charge in [-0.05, 0) is 41.5 Å². The summed E-state index contributed by atoms with van der Waals surface area (Å²) in [5.41, 5.74) is 8.76. The smallest absolute Gasteiger partial charge is 0.422 e. The molecule has 0 aliphatic rings. The molecule has 5 aromatic rings. The van der Waals surface area contributed by atoms with Gasteiger partial charge in [0.25, 0.3) is 5.91 Å². The lowest BCUT2D eigenvalue weighted by Gasteiger charge is -2.34. The molecule has 0 unspecified atom stereocenters. The van der Waals surface area contributed by atoms with Crippen molar-refractivity contribution >= 4 is 57.9 Å². The molecule has 12 nitrogen and oxygen atoms in total. The van der Waals surface area contributed by atoms with Gasteiger partial charge in [0.1, 0.15) is 28.1 Å². The van der Waals surface area contributed by atoms with E-state index in [9.17, 15) is 24.6 Å². The van der Waals surface area contributed by atoms with E-state index in [-0.39, 0.29) is 15.6 Å². The molecular formula is C34H35ClN6O6S. The molecule has 0 aliphatic heterocycles. The molecule has 3 aromatic heterocycles. The van der Waals surface area contributed by atoms with E-state index in [0.29, 0.717) is 43.7 Å². The van der Waals surface area contributed by atoms with E-state index in [1.54, 1.807) is 18.5 Å². The first-order valence-electron chi connectivity index (χ1n) is 14.9. The van der Waals surface area contributed by atoms with Gasteiger partial charge >= 0.3 is 12.2 Å². The van der Waals surface area contributed by atoms with Crippen LogP contribution in [-0.2, 0) is 10.8 Å². The van der Waals surface area contributed by atoms with Gasteiger partial charge in [-0.3, -0.25) is 9.36 Å². The molecule has 0 aliphatic carbocycles. The van der Waals surface area contributed by atoms with Gasteiger partial charge in [-0.25, -0.2) is 14.6 Å². The van der Waals surface area contributed by atoms with Crippen molar-refractivity contribution in [1.82, 2.24) is 19.7 Å². The number of primary amides is 1. The topological polar surface area (TPSA) is 174 Å². The van der Waals surface area contributed by atoms with Crippen LogP contribution in [0.5, 0.6) is 5.75 Å². The van der Waals surface area contributed by atoms with Crippen LogP contribution < -0.4 is 15.4 Å². The predicted molar refractivity (Wildman–Crippen MR) is 185 cm³/mol. The molecule has 4 N–H and O–H groups in total. The van der Waals surface area contributed by atoms with Crippen LogP contribution in [0.25, 0.3) is 27.3 Å². The van der Waals surface area contributed by atoms with Crippen LogP contribution in [0.1, 0.15) is 80.9 Å². The molecule has 14 heteroatoms. The van der Waals surface area contributed by atoms with Gasteiger partial charge in [0.2, 0.25) is 0 Å². The number of fused-ring (bicyclic) bond motifs is 1. The maximum absolute atomic E-state index is 12.4. The Morgan fingerprint density at radius 3 is 2.19 bits per heavy atom. The summed E-state index contributed by atoms with van der Waals surface area (Å²) in [6.45, 7) is 13.3. The minimum absolute atomic E-state index is 0.200. The zero-order valence-electron chi connectivity index (χ0n) is 27.4. The number of hydrogen-bond donors (Lipinski definition) is 3. The fourth-order valence-electron chi connectivity index (χ4n) is 5.62. The summed E-state index contributed by atoms with van der Waals surface area (Å²) in [4.78, 5) is 41.5. The van der Waals surface area contributed by atoms with Crippen molar-refractivity contribution in [3.63, 3.8) is 0 Å². The second kappa shape index (κ2) is 12.5. The third-order valence-corrected chi connectivity index (χ3v) is 9.14. The van der Waals surface area contributed by atoms with E-state index in [4.69, 9.17) is 22.1 Å². The maximum atomic E-state index is 12.4. The zero-order chi connectivity index (χ0) is 35.3. The van der Waals surface area contributed by atoms with Crippen LogP contribution in [0, 0.1) is 0 Å². The summed E-state index contributed by atoms with van der Waals surface area (Å²) in [5, 5.41) is 29.3. The Morgan fingerprint density at radius 2 is 1.60 bits per heavy atom. The summed E-state index contributed by atoms with van der Waals surface area (Å²) in [7, 11) is 0. The Balaban J connectivity index is 1.62. The van der Waals surface area contributed by atoms with Crippen molar-refractivity contribution in [3.05, 3.63) is 81.4 Å². The van der Waals surface area contributed by atoms with Crippen LogP contribution in [0.4, 0.5) is 15.4 Å². The number of halogens is 1. The maximum Gasteiger partial charge on any atom is 0.422 e. The summed E-state index contributed by atoms with van der Waals surface area (Å²) >= 11 is 7.54. The molecular weight excluding hydrogens is 656 g/mol. The molecule has 1 atom stereocenters. The molecule has 0 radical (unpaired) electrons. The molecule has 0 bridgehead atoms. The number of aromatic nitrogens is 4. The lowest BCUT2D eigenvalue weighted by molar-refractivity contribution is 0.0998. The zero-order valence-corrected chi connectivity index (χ0v) is 29.0. The van der Waals surface area contributed by atoms with E-state index in [2.05, 4.69) is 15.2 Å². The normalized spacial score (nSPS) is 12.6. The lowest BCUT2D eigenvalue weighted by Crippen LogP contribution is -2.39. The minimum atomic E-state index is -1.68. The minimum Gasteiger partial charge on any atom is -0.484 e. The highest BCUT2D eigenvalue weighted by Gasteiger charge is 2.38. The van der Waals surface area contributed by atoms with E-state index in [0.717, 1.165) is 11.1 Å². The van der Waals surface area contributed by atoms with Gasteiger partial charge in [-0.2, -0.15) is 4.90 Å². The van der Waals surface area contributed by atoms with Gasteiger partial charge in [0, 0.05) is 27.8 Å². The molecule has 3 amide bonds. The number of benzene rings is 2. The molecule has 250 valence electrons. The van der Waals surface area contributed by atoms with Crippen molar-refractivity contribution < 1.29 is 29.3 Å². The fraction of sp³-hybridized carbons (Fsp3) is 0.294. The number of anilines is 1. The van der Waals surface area contributed by atoms with Crippen LogP contribution in [0.3, 0.4) is 0 Å². The van der Waals surface area contributed by atoms with Crippen molar-refractivity contribution in [1.29, 1.82) is 0 Å². The summed E-state index contributed by atoms with van der Waals surface area (Å²) in [6, 6.07) is 14.6. The average molecular weight is 691 g/mol. The Kier molecular flexibility index (Phi) is 8.97. The fourth-order valence-corrected chi connectivity index (χ4v) is 6.84. The standard InChI is InChI=1S/C34H35ClN6O6S/c1-17(19-10-8-9-11-20(19)35)47-23-15-24(48-28(23)29(36)42)40-16-37-21-14-18(12-13-22(21)40)27-25(33(2,3)4)26(34(5,6)7)30(39-38-27)41(31(43)44)32(45)46/h8-17H,1-7H3,(H2,36,42)(H,43,44)(H,45,46)/t17-/m1/s1. The Morgan fingerprint density at radius 1 is 0.958 bits per heavy atom. The highest BCUT2D eigenvalue weighted by molar-refractivity contribution is 7.16. The molecule has 3 heterocycles. The van der Waals surface area contributed by atoms with Gasteiger partial charge < -0.3 is 20.7 Å². The largest absolute Gasteiger partial charge is 0.484 e. The Hall–Kier alpha value is -5.01. The highest BCUT2D eigenvalue weighted by atomic mass is 35.5. The van der Waals surface area contributed by atoms with Gasteiger partial charge in [-0.15, -0.1) is 21.5 Å². The third-order valence-electron chi connectivity index (χ3n) is 7.66. The van der Waals surface area contributed by atoms with Crippen LogP contribution in [0.15, 0.2) is 54.9 Å². The highest BCUT2D eigenvalue weighted by Crippen LogP contribution is 2.44. The van der Waals surface area contributed by atoms with Crippen molar-refractivity contribution in [2.75, 3.05) is 4.90 Å². The SMILES string of the molecule is C[C@@H](Oc1cc(-n2cnc3cc(-c4nnc(N(C(=O)O)C(=O)O)c(C(C)(C)C)c4C(C)(C)C)ccc32)sc1C(N)=O)c1ccccc1Cl. The van der Waals surface area contributed by atoms with E-state index in [1.165, 1.54) is 11.3 Å². The number of thiophene rings is 1. The van der Waals surface area contributed by atoms with Crippen molar-refractivity contribution in [3.8, 4) is 22.0 Å². The number of carbonyl (C=O) groups is 3. The number of nitrogens with zero attached hydrogens (tertiary/aromatic N) is 5. The Labute approximate surface area is 285 Å². The van der Waals surface area contributed by atoms with E-state index < -0.39 is 35.0 Å². The molecule has 2 aromatic carbocycles. The third kappa shape index (κ3) is 6.43. The molecule has 0 fully saturated rings. The number of amides is 3. The van der Waals surface area contributed by atoms with Crippen LogP contribution in [-0.4, -0.2) is 48.1 Å². The monoisotopic (exact) mass is 690 g/mol. The number of carbonyl (C=O) groups excluding carboxylic acids is 1. The summed E-state index contributed by atoms with van der Waals surface area (Å²) in [6.07, 6.45) is -2.19. The number of hydrogen-bond acceptors (Lipinski definition) is 8.